The zero-order valence-corrected chi connectivity index (χ0v) is 14.9. The smallest absolute Gasteiger partial charge is 0.276 e. The third kappa shape index (κ3) is 3.75. The minimum Gasteiger partial charge on any atom is -0.368 e. The largest absolute Gasteiger partial charge is 0.368 e. The molecule has 0 atom stereocenters. The predicted molar refractivity (Wildman–Crippen MR) is 100 cm³/mol. The van der Waals surface area contributed by atoms with Crippen LogP contribution in [0.2, 0.25) is 0 Å². The number of hydrazone groups is 1. The van der Waals surface area contributed by atoms with Gasteiger partial charge in [0, 0.05) is 22.7 Å². The normalized spacial score (nSPS) is 11.9. The number of hydrogen-bond acceptors (Lipinski definition) is 4. The van der Waals surface area contributed by atoms with E-state index < -0.39 is 15.9 Å². The Bertz CT molecular complexity index is 1080. The molecular formula is C18H18N4O3S. The molecule has 26 heavy (non-hydrogen) atoms. The number of nitrogens with zero attached hydrogens (tertiary/aromatic N) is 2. The lowest BCUT2D eigenvalue weighted by Gasteiger charge is -2.03. The number of aryl methyl sites for hydroxylation is 1. The SMILES string of the molecule is Cc1ccc(S(=O)(=O)N/N=C/c2cn(CC(N)=O)c3ccccc23)cc1. The molecule has 0 bridgehead atoms. The molecule has 0 saturated heterocycles. The number of nitrogens with one attached hydrogen (secondary N) is 1. The highest BCUT2D eigenvalue weighted by atomic mass is 32.2. The van der Waals surface area contributed by atoms with Crippen molar-refractivity contribution >= 4 is 33.0 Å². The minimum absolute atomic E-state index is 0.0312. The van der Waals surface area contributed by atoms with Crippen molar-refractivity contribution in [3.05, 3.63) is 65.9 Å². The summed E-state index contributed by atoms with van der Waals surface area (Å²) in [6.45, 7) is 1.91. The summed E-state index contributed by atoms with van der Waals surface area (Å²) in [5.74, 6) is -0.464. The van der Waals surface area contributed by atoms with Crippen LogP contribution in [0.15, 0.2) is 64.7 Å². The van der Waals surface area contributed by atoms with E-state index in [-0.39, 0.29) is 11.4 Å². The van der Waals surface area contributed by atoms with Crippen LogP contribution >= 0.6 is 0 Å². The van der Waals surface area contributed by atoms with Crippen LogP contribution in [-0.4, -0.2) is 25.1 Å². The fraction of sp³-hybridized carbons (Fsp3) is 0.111. The fourth-order valence-electron chi connectivity index (χ4n) is 2.61. The van der Waals surface area contributed by atoms with Gasteiger partial charge in [-0.05, 0) is 25.1 Å². The maximum Gasteiger partial charge on any atom is 0.276 e. The fourth-order valence-corrected chi connectivity index (χ4v) is 3.40. The molecule has 3 aromatic rings. The Labute approximate surface area is 151 Å². The number of para-hydroxylation sites is 1. The lowest BCUT2D eigenvalue weighted by atomic mass is 10.2. The second-order valence-corrected chi connectivity index (χ2v) is 7.52. The van der Waals surface area contributed by atoms with Crippen molar-refractivity contribution in [1.29, 1.82) is 0 Å². The van der Waals surface area contributed by atoms with Gasteiger partial charge in [-0.25, -0.2) is 4.83 Å². The molecule has 0 aliphatic heterocycles. The van der Waals surface area contributed by atoms with Crippen LogP contribution < -0.4 is 10.6 Å². The van der Waals surface area contributed by atoms with Gasteiger partial charge in [-0.15, -0.1) is 0 Å². The molecule has 1 amide bonds. The molecule has 0 radical (unpaired) electrons. The molecule has 1 heterocycles. The molecule has 0 fully saturated rings. The Balaban J connectivity index is 1.86. The summed E-state index contributed by atoms with van der Waals surface area (Å²) in [5, 5.41) is 4.70. The number of sulfonamides is 1. The van der Waals surface area contributed by atoms with Gasteiger partial charge in [0.25, 0.3) is 10.0 Å². The van der Waals surface area contributed by atoms with Crippen molar-refractivity contribution in [2.24, 2.45) is 10.8 Å². The summed E-state index contributed by atoms with van der Waals surface area (Å²) in [5.41, 5.74) is 7.73. The zero-order valence-electron chi connectivity index (χ0n) is 14.1. The van der Waals surface area contributed by atoms with Crippen LogP contribution in [0.25, 0.3) is 10.9 Å². The van der Waals surface area contributed by atoms with Crippen molar-refractivity contribution in [3.8, 4) is 0 Å². The van der Waals surface area contributed by atoms with Gasteiger partial charge in [-0.3, -0.25) is 4.79 Å². The van der Waals surface area contributed by atoms with E-state index in [4.69, 9.17) is 5.73 Å². The number of carbonyl (C=O) groups is 1. The number of rotatable bonds is 6. The van der Waals surface area contributed by atoms with Gasteiger partial charge in [0.1, 0.15) is 6.54 Å². The van der Waals surface area contributed by atoms with Crippen molar-refractivity contribution < 1.29 is 13.2 Å². The Morgan fingerprint density at radius 3 is 2.58 bits per heavy atom. The third-order valence-electron chi connectivity index (χ3n) is 3.85. The molecular weight excluding hydrogens is 352 g/mol. The van der Waals surface area contributed by atoms with Crippen LogP contribution in [0.3, 0.4) is 0 Å². The number of aromatic nitrogens is 1. The molecule has 3 rings (SSSR count). The first-order chi connectivity index (χ1) is 12.4. The minimum atomic E-state index is -3.74. The van der Waals surface area contributed by atoms with E-state index in [1.165, 1.54) is 18.3 Å². The first-order valence-corrected chi connectivity index (χ1v) is 9.33. The molecule has 0 saturated carbocycles. The van der Waals surface area contributed by atoms with Crippen molar-refractivity contribution in [3.63, 3.8) is 0 Å². The molecule has 0 aliphatic rings. The molecule has 8 heteroatoms. The van der Waals surface area contributed by atoms with Gasteiger partial charge in [0.15, 0.2) is 0 Å². The van der Waals surface area contributed by atoms with E-state index in [0.29, 0.717) is 5.56 Å². The summed E-state index contributed by atoms with van der Waals surface area (Å²) >= 11 is 0. The maximum absolute atomic E-state index is 12.3. The highest BCUT2D eigenvalue weighted by Crippen LogP contribution is 2.20. The molecule has 0 aliphatic carbocycles. The Morgan fingerprint density at radius 2 is 1.88 bits per heavy atom. The van der Waals surface area contributed by atoms with Crippen LogP contribution in [0.4, 0.5) is 0 Å². The number of amides is 1. The molecule has 0 unspecified atom stereocenters. The third-order valence-corrected chi connectivity index (χ3v) is 5.09. The summed E-state index contributed by atoms with van der Waals surface area (Å²) in [6.07, 6.45) is 3.12. The van der Waals surface area contributed by atoms with Crippen molar-refractivity contribution in [2.75, 3.05) is 0 Å². The van der Waals surface area contributed by atoms with Gasteiger partial charge in [0.05, 0.1) is 11.1 Å². The number of hydrogen-bond donors (Lipinski definition) is 2. The van der Waals surface area contributed by atoms with Gasteiger partial charge >= 0.3 is 0 Å². The second kappa shape index (κ2) is 7.01. The van der Waals surface area contributed by atoms with Crippen molar-refractivity contribution in [2.45, 2.75) is 18.4 Å². The van der Waals surface area contributed by atoms with Gasteiger partial charge in [0.2, 0.25) is 5.91 Å². The number of carbonyl (C=O) groups excluding carboxylic acids is 1. The maximum atomic E-state index is 12.3. The quantitative estimate of drug-likeness (QED) is 0.510. The predicted octanol–water partition coefficient (Wildman–Crippen LogP) is 1.75. The highest BCUT2D eigenvalue weighted by molar-refractivity contribution is 7.89. The van der Waals surface area contributed by atoms with Crippen LogP contribution in [0.5, 0.6) is 0 Å². The summed E-state index contributed by atoms with van der Waals surface area (Å²) in [7, 11) is -3.74. The van der Waals surface area contributed by atoms with E-state index >= 15 is 0 Å². The molecule has 2 aromatic carbocycles. The van der Waals surface area contributed by atoms with E-state index in [1.807, 2.05) is 31.2 Å². The Kier molecular flexibility index (Phi) is 4.77. The van der Waals surface area contributed by atoms with Gasteiger partial charge < -0.3 is 10.3 Å². The van der Waals surface area contributed by atoms with Crippen LogP contribution in [0, 0.1) is 6.92 Å². The summed E-state index contributed by atoms with van der Waals surface area (Å²) in [4.78, 5) is 13.6. The lowest BCUT2D eigenvalue weighted by Crippen LogP contribution is -2.18. The zero-order chi connectivity index (χ0) is 18.7. The topological polar surface area (TPSA) is 107 Å². The van der Waals surface area contributed by atoms with Gasteiger partial charge in [-0.2, -0.15) is 13.5 Å². The van der Waals surface area contributed by atoms with E-state index in [0.717, 1.165) is 16.5 Å². The summed E-state index contributed by atoms with van der Waals surface area (Å²) < 4.78 is 26.2. The molecule has 7 nitrogen and oxygen atoms in total. The molecule has 0 spiro atoms. The van der Waals surface area contributed by atoms with E-state index in [9.17, 15) is 13.2 Å². The molecule has 1 aromatic heterocycles. The average Bonchev–Trinajstić information content (AvgIpc) is 2.93. The summed E-state index contributed by atoms with van der Waals surface area (Å²) in [6, 6.07) is 13.9. The first kappa shape index (κ1) is 17.7. The number of nitrogens with two attached hydrogens (primary N) is 1. The molecule has 3 N–H and O–H groups in total. The Hall–Kier alpha value is -3.13. The first-order valence-electron chi connectivity index (χ1n) is 7.84. The lowest BCUT2D eigenvalue weighted by molar-refractivity contribution is -0.118. The van der Waals surface area contributed by atoms with E-state index in [1.54, 1.807) is 22.9 Å². The standard InChI is InChI=1S/C18H18N4O3S/c1-13-6-8-15(9-7-13)26(24,25)21-20-10-14-11-22(12-18(19)23)17-5-3-2-4-16(14)17/h2-11,21H,12H2,1H3,(H2,19,23)/b20-10+. The average molecular weight is 370 g/mol. The van der Waals surface area contributed by atoms with Crippen molar-refractivity contribution in [1.82, 2.24) is 9.40 Å². The number of primary amides is 1. The van der Waals surface area contributed by atoms with E-state index in [2.05, 4.69) is 9.93 Å². The Morgan fingerprint density at radius 1 is 1.19 bits per heavy atom. The van der Waals surface area contributed by atoms with Gasteiger partial charge in [-0.1, -0.05) is 35.9 Å². The monoisotopic (exact) mass is 370 g/mol. The number of fused-ring (bicyclic) bond motifs is 1. The highest BCUT2D eigenvalue weighted by Gasteiger charge is 2.12. The second-order valence-electron chi connectivity index (χ2n) is 5.86. The van der Waals surface area contributed by atoms with Crippen LogP contribution in [0.1, 0.15) is 11.1 Å². The molecule has 134 valence electrons. The number of benzene rings is 2. The van der Waals surface area contributed by atoms with Crippen LogP contribution in [-0.2, 0) is 21.4 Å².